The highest BCUT2D eigenvalue weighted by Gasteiger charge is 2.36. The molecule has 2 aliphatic rings. The molecule has 1 atom stereocenters. The van der Waals surface area contributed by atoms with E-state index in [9.17, 15) is 0 Å². The van der Waals surface area contributed by atoms with Gasteiger partial charge in [0.2, 0.25) is 0 Å². The molecule has 9 aromatic rings. The van der Waals surface area contributed by atoms with Crippen LogP contribution in [0.15, 0.2) is 181 Å². The highest BCUT2D eigenvalue weighted by molar-refractivity contribution is 7.25. The highest BCUT2D eigenvalue weighted by atomic mass is 32.1. The molecule has 1 aromatic heterocycles. The molecule has 0 saturated heterocycles. The Labute approximate surface area is 324 Å². The van der Waals surface area contributed by atoms with Crippen LogP contribution in [0, 0.1) is 0 Å². The van der Waals surface area contributed by atoms with Crippen molar-refractivity contribution in [2.45, 2.75) is 25.3 Å². The molecule has 55 heavy (non-hydrogen) atoms. The molecule has 0 amide bonds. The number of hydrogen-bond donors (Lipinski definition) is 1. The van der Waals surface area contributed by atoms with Crippen molar-refractivity contribution in [1.82, 2.24) is 0 Å². The number of nitrogens with zero attached hydrogens (tertiary/aromatic N) is 2. The van der Waals surface area contributed by atoms with E-state index in [0.717, 1.165) is 34.1 Å². The van der Waals surface area contributed by atoms with Crippen molar-refractivity contribution in [2.24, 2.45) is 4.99 Å². The van der Waals surface area contributed by atoms with Gasteiger partial charge in [0.1, 0.15) is 11.9 Å². The fourth-order valence-electron chi connectivity index (χ4n) is 8.91. The van der Waals surface area contributed by atoms with Gasteiger partial charge in [-0.15, -0.1) is 11.3 Å². The normalized spacial score (nSPS) is 15.3. The summed E-state index contributed by atoms with van der Waals surface area (Å²) < 4.78 is 2.62. The molecule has 1 aliphatic heterocycles. The summed E-state index contributed by atoms with van der Waals surface area (Å²) in [6, 6.07) is 64.0. The molecule has 0 bridgehead atoms. The van der Waals surface area contributed by atoms with Crippen molar-refractivity contribution in [3.63, 3.8) is 0 Å². The summed E-state index contributed by atoms with van der Waals surface area (Å²) in [5.74, 6) is 0.866. The monoisotopic (exact) mass is 723 g/mol. The molecule has 2 heterocycles. The van der Waals surface area contributed by atoms with Gasteiger partial charge in [0.25, 0.3) is 0 Å². The van der Waals surface area contributed by atoms with Crippen molar-refractivity contribution >= 4 is 70.9 Å². The van der Waals surface area contributed by atoms with E-state index in [-0.39, 0.29) is 11.5 Å². The van der Waals surface area contributed by atoms with Crippen LogP contribution < -0.4 is 10.2 Å². The summed E-state index contributed by atoms with van der Waals surface area (Å²) in [4.78, 5) is 7.88. The first-order valence-electron chi connectivity index (χ1n) is 19.0. The number of anilines is 4. The molecule has 0 saturated carbocycles. The standard InChI is InChI=1S/C51H37N3S/c1-51(2)44-21-10-8-19-39(44)40-25-24-38(31-45(40)51)54(36-16-4-3-5-17-36)37-18-12-15-35(27-37)50-52-46-22-11-9-20-41(46)49(53-50)34-23-26-47-42(29-34)43-28-32-13-6-7-14-33(32)30-48(43)55-47/h3-31,49H,1-2H3,(H,52,53). The summed E-state index contributed by atoms with van der Waals surface area (Å²) in [7, 11) is 0. The predicted octanol–water partition coefficient (Wildman–Crippen LogP) is 13.9. The second-order valence-electron chi connectivity index (χ2n) is 15.3. The third-order valence-electron chi connectivity index (χ3n) is 11.7. The quantitative estimate of drug-likeness (QED) is 0.191. The molecule has 1 unspecified atom stereocenters. The molecular formula is C51H37N3S. The Morgan fingerprint density at radius 3 is 2.15 bits per heavy atom. The molecular weight excluding hydrogens is 687 g/mol. The highest BCUT2D eigenvalue weighted by Crippen LogP contribution is 2.51. The smallest absolute Gasteiger partial charge is 0.133 e. The van der Waals surface area contributed by atoms with Crippen molar-refractivity contribution in [1.29, 1.82) is 0 Å². The second kappa shape index (κ2) is 12.3. The van der Waals surface area contributed by atoms with Gasteiger partial charge in [0, 0.05) is 59.5 Å². The van der Waals surface area contributed by atoms with Crippen LogP contribution in [0.4, 0.5) is 22.7 Å². The van der Waals surface area contributed by atoms with Crippen molar-refractivity contribution in [3.05, 3.63) is 204 Å². The first kappa shape index (κ1) is 32.0. The minimum Gasteiger partial charge on any atom is -0.340 e. The molecule has 1 aliphatic carbocycles. The van der Waals surface area contributed by atoms with E-state index in [0.29, 0.717) is 0 Å². The minimum atomic E-state index is -0.151. The third-order valence-corrected chi connectivity index (χ3v) is 12.8. The first-order valence-corrected chi connectivity index (χ1v) is 19.8. The molecule has 0 radical (unpaired) electrons. The average Bonchev–Trinajstić information content (AvgIpc) is 3.70. The van der Waals surface area contributed by atoms with E-state index in [4.69, 9.17) is 4.99 Å². The Bertz CT molecular complexity index is 3010. The summed E-state index contributed by atoms with van der Waals surface area (Å²) in [6.07, 6.45) is 0. The zero-order valence-electron chi connectivity index (χ0n) is 30.6. The average molecular weight is 724 g/mol. The zero-order chi connectivity index (χ0) is 36.7. The lowest BCUT2D eigenvalue weighted by Gasteiger charge is -2.29. The lowest BCUT2D eigenvalue weighted by Crippen LogP contribution is -2.22. The van der Waals surface area contributed by atoms with Crippen LogP contribution in [0.5, 0.6) is 0 Å². The number of thiophene rings is 1. The van der Waals surface area contributed by atoms with Crippen LogP contribution in [0.1, 0.15) is 47.7 Å². The number of para-hydroxylation sites is 2. The van der Waals surface area contributed by atoms with E-state index >= 15 is 0 Å². The van der Waals surface area contributed by atoms with Crippen LogP contribution in [-0.4, -0.2) is 5.84 Å². The van der Waals surface area contributed by atoms with Gasteiger partial charge in [0.05, 0.1) is 0 Å². The minimum absolute atomic E-state index is 0.0958. The van der Waals surface area contributed by atoms with Crippen LogP contribution in [0.25, 0.3) is 42.1 Å². The topological polar surface area (TPSA) is 27.6 Å². The number of aliphatic imine (C=N–C) groups is 1. The Morgan fingerprint density at radius 1 is 0.545 bits per heavy atom. The van der Waals surface area contributed by atoms with Gasteiger partial charge in [-0.1, -0.05) is 123 Å². The van der Waals surface area contributed by atoms with Gasteiger partial charge >= 0.3 is 0 Å². The van der Waals surface area contributed by atoms with Crippen molar-refractivity contribution in [2.75, 3.05) is 10.2 Å². The molecule has 4 heteroatoms. The fourth-order valence-corrected chi connectivity index (χ4v) is 10.0. The molecule has 262 valence electrons. The molecule has 0 spiro atoms. The van der Waals surface area contributed by atoms with E-state index in [1.54, 1.807) is 0 Å². The van der Waals surface area contributed by atoms with Crippen LogP contribution >= 0.6 is 11.3 Å². The van der Waals surface area contributed by atoms with E-state index < -0.39 is 0 Å². The summed E-state index contributed by atoms with van der Waals surface area (Å²) in [6.45, 7) is 4.69. The first-order chi connectivity index (χ1) is 27.0. The molecule has 0 fully saturated rings. The number of benzene rings is 8. The summed E-state index contributed by atoms with van der Waals surface area (Å²) in [5.41, 5.74) is 13.1. The van der Waals surface area contributed by atoms with E-state index in [2.05, 4.69) is 200 Å². The number of amidine groups is 1. The van der Waals surface area contributed by atoms with Gasteiger partial charge in [-0.25, -0.2) is 0 Å². The van der Waals surface area contributed by atoms with Gasteiger partial charge in [0.15, 0.2) is 0 Å². The van der Waals surface area contributed by atoms with Crippen LogP contribution in [0.3, 0.4) is 0 Å². The Hall–Kier alpha value is -6.49. The summed E-state index contributed by atoms with van der Waals surface area (Å²) in [5, 5.41) is 8.87. The summed E-state index contributed by atoms with van der Waals surface area (Å²) >= 11 is 1.87. The van der Waals surface area contributed by atoms with Crippen LogP contribution in [-0.2, 0) is 5.41 Å². The Morgan fingerprint density at radius 2 is 1.25 bits per heavy atom. The lowest BCUT2D eigenvalue weighted by molar-refractivity contribution is 0.660. The van der Waals surface area contributed by atoms with Crippen molar-refractivity contribution in [3.8, 4) is 11.1 Å². The third kappa shape index (κ3) is 5.13. The van der Waals surface area contributed by atoms with E-state index in [1.165, 1.54) is 64.3 Å². The number of hydrogen-bond acceptors (Lipinski definition) is 4. The Balaban J connectivity index is 1.02. The van der Waals surface area contributed by atoms with Crippen LogP contribution in [0.2, 0.25) is 0 Å². The zero-order valence-corrected chi connectivity index (χ0v) is 31.4. The molecule has 1 N–H and O–H groups in total. The lowest BCUT2D eigenvalue weighted by atomic mass is 9.82. The number of fused-ring (bicyclic) bond motifs is 8. The van der Waals surface area contributed by atoms with E-state index in [1.807, 2.05) is 11.3 Å². The molecule has 8 aromatic carbocycles. The Kier molecular flexibility index (Phi) is 7.14. The van der Waals surface area contributed by atoms with Gasteiger partial charge in [-0.2, -0.15) is 0 Å². The number of nitrogens with one attached hydrogen (secondary N) is 1. The second-order valence-corrected chi connectivity index (χ2v) is 16.4. The van der Waals surface area contributed by atoms with Gasteiger partial charge in [-0.05, 0) is 105 Å². The fraction of sp³-hybridized carbons (Fsp3) is 0.0784. The molecule has 11 rings (SSSR count). The van der Waals surface area contributed by atoms with Gasteiger partial charge < -0.3 is 10.2 Å². The van der Waals surface area contributed by atoms with Gasteiger partial charge in [-0.3, -0.25) is 4.99 Å². The predicted molar refractivity (Wildman–Crippen MR) is 234 cm³/mol. The largest absolute Gasteiger partial charge is 0.340 e. The number of rotatable bonds is 5. The molecule has 3 nitrogen and oxygen atoms in total. The maximum absolute atomic E-state index is 5.51. The van der Waals surface area contributed by atoms with Crippen molar-refractivity contribution < 1.29 is 0 Å². The maximum Gasteiger partial charge on any atom is 0.133 e. The maximum atomic E-state index is 5.51. The SMILES string of the molecule is CC1(C)c2ccccc2-c2ccc(N(c3ccccc3)c3cccc(C4=NC(c5ccc6sc7cc8ccccc8cc7c6c5)c5ccccc5N4)c3)cc21.